The summed E-state index contributed by atoms with van der Waals surface area (Å²) < 4.78 is 29.3. The number of hydrogen-bond donors (Lipinski definition) is 1. The van der Waals surface area contributed by atoms with Gasteiger partial charge in [0, 0.05) is 5.56 Å². The number of hydrogen-bond acceptors (Lipinski definition) is 5. The van der Waals surface area contributed by atoms with E-state index in [1.807, 2.05) is 0 Å². The van der Waals surface area contributed by atoms with Crippen molar-refractivity contribution < 1.29 is 18.4 Å². The second kappa shape index (κ2) is 3.63. The molecule has 0 saturated heterocycles. The third-order valence-electron chi connectivity index (χ3n) is 2.43. The Kier molecular flexibility index (Phi) is 2.22. The number of anilines is 1. The third-order valence-corrected chi connectivity index (χ3v) is 3.14. The molecule has 0 radical (unpaired) electrons. The van der Waals surface area contributed by atoms with Gasteiger partial charge in [-0.05, 0) is 22.0 Å². The van der Waals surface area contributed by atoms with Crippen molar-refractivity contribution in [2.24, 2.45) is 0 Å². The van der Waals surface area contributed by atoms with Crippen molar-refractivity contribution in [1.29, 1.82) is 0 Å². The zero-order chi connectivity index (χ0) is 12.0. The van der Waals surface area contributed by atoms with Gasteiger partial charge in [0.2, 0.25) is 12.7 Å². The summed E-state index contributed by atoms with van der Waals surface area (Å²) in [5, 5.41) is 3.51. The molecule has 2 heterocycles. The van der Waals surface area contributed by atoms with Gasteiger partial charge in [-0.2, -0.15) is 0 Å². The maximum Gasteiger partial charge on any atom is 0.231 e. The summed E-state index contributed by atoms with van der Waals surface area (Å²) in [4.78, 5) is 0. The van der Waals surface area contributed by atoms with Gasteiger partial charge in [-0.15, -0.1) is 0 Å². The minimum Gasteiger partial charge on any atom is -0.454 e. The van der Waals surface area contributed by atoms with E-state index in [1.54, 1.807) is 0 Å². The van der Waals surface area contributed by atoms with Crippen LogP contribution in [0.5, 0.6) is 11.5 Å². The van der Waals surface area contributed by atoms with Crippen LogP contribution in [0.25, 0.3) is 11.1 Å². The summed E-state index contributed by atoms with van der Waals surface area (Å²) in [5.74, 6) is 0.356. The Labute approximate surface area is 103 Å². The first-order chi connectivity index (χ1) is 8.18. The van der Waals surface area contributed by atoms with Crippen molar-refractivity contribution in [3.8, 4) is 22.6 Å². The lowest BCUT2D eigenvalue weighted by Gasteiger charge is -2.06. The van der Waals surface area contributed by atoms with Crippen LogP contribution in [-0.4, -0.2) is 11.9 Å². The molecule has 0 unspecified atom stereocenters. The molecule has 1 aromatic carbocycles. The number of halogens is 2. The third kappa shape index (κ3) is 1.46. The molecule has 0 atom stereocenters. The number of rotatable bonds is 1. The van der Waals surface area contributed by atoms with Gasteiger partial charge in [-0.25, -0.2) is 4.39 Å². The van der Waals surface area contributed by atoms with Crippen LogP contribution < -0.4 is 15.2 Å². The largest absolute Gasteiger partial charge is 0.454 e. The monoisotopic (exact) mass is 300 g/mol. The molecule has 0 saturated carbocycles. The molecule has 1 aliphatic rings. The van der Waals surface area contributed by atoms with Crippen molar-refractivity contribution in [2.75, 3.05) is 12.5 Å². The van der Waals surface area contributed by atoms with Gasteiger partial charge in [0.25, 0.3) is 0 Å². The van der Waals surface area contributed by atoms with Crippen LogP contribution in [0.15, 0.2) is 21.3 Å². The maximum atomic E-state index is 14.1. The molecule has 7 heteroatoms. The van der Waals surface area contributed by atoms with Crippen LogP contribution in [0.4, 0.5) is 10.3 Å². The van der Waals surface area contributed by atoms with E-state index in [4.69, 9.17) is 19.7 Å². The van der Waals surface area contributed by atoms with E-state index in [2.05, 4.69) is 21.1 Å². The molecular formula is C10H6BrFN2O3. The summed E-state index contributed by atoms with van der Waals surface area (Å²) in [6, 6.07) is 1.51. The average Bonchev–Trinajstić information content (AvgIpc) is 2.92. The topological polar surface area (TPSA) is 70.5 Å². The van der Waals surface area contributed by atoms with Crippen LogP contribution in [-0.2, 0) is 0 Å². The Morgan fingerprint density at radius 3 is 2.88 bits per heavy atom. The van der Waals surface area contributed by atoms with E-state index in [-0.39, 0.29) is 22.7 Å². The van der Waals surface area contributed by atoms with Crippen molar-refractivity contribution in [3.63, 3.8) is 0 Å². The Morgan fingerprint density at radius 2 is 2.18 bits per heavy atom. The van der Waals surface area contributed by atoms with E-state index in [1.165, 1.54) is 12.3 Å². The molecule has 0 spiro atoms. The number of fused-ring (bicyclic) bond motifs is 1. The van der Waals surface area contributed by atoms with Gasteiger partial charge >= 0.3 is 0 Å². The highest BCUT2D eigenvalue weighted by molar-refractivity contribution is 9.10. The smallest absolute Gasteiger partial charge is 0.231 e. The number of ether oxygens (including phenoxy) is 2. The van der Waals surface area contributed by atoms with Crippen molar-refractivity contribution >= 4 is 21.8 Å². The normalized spacial score (nSPS) is 13.1. The summed E-state index contributed by atoms with van der Waals surface area (Å²) in [6.07, 6.45) is 1.35. The number of nitrogens with two attached hydrogens (primary N) is 1. The SMILES string of the molecule is Nc1oncc1-c1cc2c(c(Br)c1F)OCO2. The first-order valence-corrected chi connectivity index (χ1v) is 5.46. The summed E-state index contributed by atoms with van der Waals surface area (Å²) in [6.45, 7) is 0.0654. The first kappa shape index (κ1) is 10.4. The Balaban J connectivity index is 2.25. The van der Waals surface area contributed by atoms with Crippen molar-refractivity contribution in [3.05, 3.63) is 22.6 Å². The molecule has 0 amide bonds. The fraction of sp³-hybridized carbons (Fsp3) is 0.100. The summed E-state index contributed by atoms with van der Waals surface area (Å²) >= 11 is 3.12. The van der Waals surface area contributed by atoms with E-state index in [9.17, 15) is 4.39 Å². The highest BCUT2D eigenvalue weighted by Gasteiger charge is 2.25. The molecule has 2 N–H and O–H groups in total. The number of nitrogen functional groups attached to an aromatic ring is 1. The lowest BCUT2D eigenvalue weighted by atomic mass is 10.1. The summed E-state index contributed by atoms with van der Waals surface area (Å²) in [5.41, 5.74) is 6.18. The van der Waals surface area contributed by atoms with Gasteiger partial charge in [0.1, 0.15) is 5.82 Å². The molecule has 17 heavy (non-hydrogen) atoms. The molecule has 0 bridgehead atoms. The zero-order valence-electron chi connectivity index (χ0n) is 8.37. The average molecular weight is 301 g/mol. The standard InChI is InChI=1S/C10H6BrFN2O3/c11-7-8(12)4(5-2-14-17-10(5)13)1-6-9(7)16-3-15-6/h1-2H,3,13H2. The molecule has 88 valence electrons. The van der Waals surface area contributed by atoms with Gasteiger partial charge in [0.05, 0.1) is 16.2 Å². The maximum absolute atomic E-state index is 14.1. The number of benzene rings is 1. The lowest BCUT2D eigenvalue weighted by molar-refractivity contribution is 0.173. The van der Waals surface area contributed by atoms with Crippen LogP contribution in [0.1, 0.15) is 0 Å². The molecule has 5 nitrogen and oxygen atoms in total. The molecule has 1 aromatic heterocycles. The first-order valence-electron chi connectivity index (χ1n) is 4.66. The number of nitrogens with zero attached hydrogens (tertiary/aromatic N) is 1. The minimum absolute atomic E-state index is 0.0506. The van der Waals surface area contributed by atoms with Gasteiger partial charge in [-0.1, -0.05) is 5.16 Å². The van der Waals surface area contributed by atoms with Crippen molar-refractivity contribution in [1.82, 2.24) is 5.16 Å². The predicted octanol–water partition coefficient (Wildman–Crippen LogP) is 2.55. The number of aromatic nitrogens is 1. The van der Waals surface area contributed by atoms with Crippen molar-refractivity contribution in [2.45, 2.75) is 0 Å². The zero-order valence-corrected chi connectivity index (χ0v) is 9.95. The molecule has 1 aliphatic heterocycles. The Morgan fingerprint density at radius 1 is 1.35 bits per heavy atom. The second-order valence-electron chi connectivity index (χ2n) is 3.39. The molecule has 3 rings (SSSR count). The lowest BCUT2D eigenvalue weighted by Crippen LogP contribution is -1.93. The molecular weight excluding hydrogens is 295 g/mol. The fourth-order valence-electron chi connectivity index (χ4n) is 1.63. The Hall–Kier alpha value is -1.76. The van der Waals surface area contributed by atoms with Gasteiger partial charge in [-0.3, -0.25) is 0 Å². The second-order valence-corrected chi connectivity index (χ2v) is 4.18. The highest BCUT2D eigenvalue weighted by atomic mass is 79.9. The van der Waals surface area contributed by atoms with Crippen LogP contribution in [0.3, 0.4) is 0 Å². The molecule has 0 aliphatic carbocycles. The van der Waals surface area contributed by atoms with Crippen LogP contribution in [0, 0.1) is 5.82 Å². The van der Waals surface area contributed by atoms with Crippen LogP contribution >= 0.6 is 15.9 Å². The van der Waals surface area contributed by atoms with E-state index in [0.717, 1.165) is 0 Å². The van der Waals surface area contributed by atoms with E-state index < -0.39 is 5.82 Å². The van der Waals surface area contributed by atoms with E-state index in [0.29, 0.717) is 17.1 Å². The Bertz CT molecular complexity index is 599. The molecule has 0 fully saturated rings. The fourth-order valence-corrected chi connectivity index (χ4v) is 2.15. The minimum atomic E-state index is -0.496. The highest BCUT2D eigenvalue weighted by Crippen LogP contribution is 2.45. The quantitative estimate of drug-likeness (QED) is 0.876. The van der Waals surface area contributed by atoms with Gasteiger partial charge < -0.3 is 19.7 Å². The van der Waals surface area contributed by atoms with Gasteiger partial charge in [0.15, 0.2) is 11.5 Å². The van der Waals surface area contributed by atoms with Crippen LogP contribution in [0.2, 0.25) is 0 Å². The molecule has 2 aromatic rings. The summed E-state index contributed by atoms with van der Waals surface area (Å²) in [7, 11) is 0. The predicted molar refractivity (Wildman–Crippen MR) is 60.1 cm³/mol. The van der Waals surface area contributed by atoms with E-state index >= 15 is 0 Å².